The van der Waals surface area contributed by atoms with Crippen LogP contribution in [0.2, 0.25) is 0 Å². The first kappa shape index (κ1) is 49.1. The lowest BCUT2D eigenvalue weighted by Gasteiger charge is -2.37. The van der Waals surface area contributed by atoms with Gasteiger partial charge in [-0.1, -0.05) is 32.9 Å². The molecule has 6 amide bonds. The van der Waals surface area contributed by atoms with Gasteiger partial charge in [0.25, 0.3) is 11.8 Å². The summed E-state index contributed by atoms with van der Waals surface area (Å²) < 4.78 is 20.5. The molecule has 1 aromatic carbocycles. The highest BCUT2D eigenvalue weighted by molar-refractivity contribution is 7.10. The average Bonchev–Trinajstić information content (AvgIpc) is 4.14. The van der Waals surface area contributed by atoms with E-state index in [1.165, 1.54) is 60.9 Å². The molecular weight excluding hydrogens is 879 g/mol. The Morgan fingerprint density at radius 2 is 1.11 bits per heavy atom. The van der Waals surface area contributed by atoms with Gasteiger partial charge in [-0.05, 0) is 75.5 Å². The normalized spacial score (nSPS) is 24.0. The molecule has 3 saturated heterocycles. The quantitative estimate of drug-likeness (QED) is 0.168. The maximum Gasteiger partial charge on any atom is 0.407 e. The first-order valence-corrected chi connectivity index (χ1v) is 23.3. The third kappa shape index (κ3) is 9.11. The molecule has 19 nitrogen and oxygen atoms in total. The molecule has 21 heteroatoms. The predicted molar refractivity (Wildman–Crippen MR) is 242 cm³/mol. The lowest BCUT2D eigenvalue weighted by atomic mass is 9.87. The van der Waals surface area contributed by atoms with Crippen LogP contribution < -0.4 is 27.0 Å². The number of carbonyl (C=O) groups is 6. The van der Waals surface area contributed by atoms with Crippen molar-refractivity contribution in [3.8, 4) is 0 Å². The monoisotopic (exact) mass is 939 g/mol. The van der Waals surface area contributed by atoms with Crippen LogP contribution in [0.1, 0.15) is 112 Å². The van der Waals surface area contributed by atoms with Crippen LogP contribution in [-0.4, -0.2) is 121 Å². The average molecular weight is 940 g/mol. The van der Waals surface area contributed by atoms with Crippen molar-refractivity contribution in [2.45, 2.75) is 126 Å². The van der Waals surface area contributed by atoms with Gasteiger partial charge in [0.2, 0.25) is 11.8 Å². The number of nitrogens with two attached hydrogens (primary N) is 2. The molecule has 2 aromatic heterocycles. The van der Waals surface area contributed by atoms with Gasteiger partial charge in [-0.3, -0.25) is 19.2 Å². The number of methoxy groups -OCH3 is 4. The predicted octanol–water partition coefficient (Wildman–Crippen LogP) is 4.10. The van der Waals surface area contributed by atoms with E-state index in [2.05, 4.69) is 60.6 Å². The number of rotatable bonds is 15. The summed E-state index contributed by atoms with van der Waals surface area (Å²) in [5.74, 6) is -2.60. The Morgan fingerprint density at radius 1 is 0.708 bits per heavy atom. The topological polar surface area (TPSA) is 251 Å². The number of benzene rings is 1. The largest absolute Gasteiger partial charge is 0.453 e. The molecule has 3 aliphatic heterocycles. The molecule has 3 fully saturated rings. The highest BCUT2D eigenvalue weighted by Crippen LogP contribution is 2.50. The molecule has 0 radical (unpaired) electrons. The van der Waals surface area contributed by atoms with Gasteiger partial charge >= 0.3 is 12.2 Å². The number of primary amides is 2. The molecule has 6 rings (SSSR count). The zero-order chi connectivity index (χ0) is 47.6. The van der Waals surface area contributed by atoms with Crippen LogP contribution >= 0.6 is 22.7 Å². The van der Waals surface area contributed by atoms with Crippen molar-refractivity contribution >= 4 is 64.2 Å². The number of aromatic nitrogens is 2. The molecule has 8 atom stereocenters. The summed E-state index contributed by atoms with van der Waals surface area (Å²) in [6.45, 7) is 10.1. The van der Waals surface area contributed by atoms with Gasteiger partial charge in [-0.2, -0.15) is 0 Å². The van der Waals surface area contributed by atoms with E-state index in [0.29, 0.717) is 47.1 Å². The maximum atomic E-state index is 14.3. The van der Waals surface area contributed by atoms with Crippen LogP contribution in [0.3, 0.4) is 0 Å². The van der Waals surface area contributed by atoms with E-state index in [9.17, 15) is 28.8 Å². The summed E-state index contributed by atoms with van der Waals surface area (Å²) in [4.78, 5) is 96.0. The number of likely N-dealkylation sites (tertiary alicyclic amines) is 2. The third-order valence-corrected chi connectivity index (χ3v) is 15.1. The minimum atomic E-state index is -1.59. The second kappa shape index (κ2) is 19.6. The molecule has 3 aromatic rings. The van der Waals surface area contributed by atoms with E-state index in [4.69, 9.17) is 40.4 Å². The van der Waals surface area contributed by atoms with Gasteiger partial charge in [-0.25, -0.2) is 19.6 Å². The highest BCUT2D eigenvalue weighted by Gasteiger charge is 2.56. The number of ether oxygens (including phenoxy) is 4. The van der Waals surface area contributed by atoms with Crippen LogP contribution in [0.4, 0.5) is 15.3 Å². The number of carbonyl (C=O) groups excluding carboxylic acids is 6. The Bertz CT molecular complexity index is 2120. The number of anilines is 1. The Kier molecular flexibility index (Phi) is 14.8. The van der Waals surface area contributed by atoms with Gasteiger partial charge in [0, 0.05) is 43.8 Å². The Labute approximate surface area is 386 Å². The first-order valence-electron chi connectivity index (χ1n) is 21.6. The van der Waals surface area contributed by atoms with E-state index in [0.717, 1.165) is 11.3 Å². The van der Waals surface area contributed by atoms with Crippen molar-refractivity contribution < 1.29 is 47.7 Å². The molecule has 0 spiro atoms. The molecule has 5 heterocycles. The molecule has 0 aliphatic carbocycles. The lowest BCUT2D eigenvalue weighted by Crippen LogP contribution is -2.61. The van der Waals surface area contributed by atoms with Crippen LogP contribution in [-0.2, 0) is 54.6 Å². The van der Waals surface area contributed by atoms with Crippen molar-refractivity contribution in [1.29, 1.82) is 0 Å². The number of hydrogen-bond acceptors (Lipinski definition) is 15. The SMILES string of the molecule is COC(=O)N[C@H](C(=O)N1CCC[C@]1(C(N)=O)c1nc([C@@H]2CC[C@@H](c3csc([C@@]4(C(N)=O)CCCN4C(=O)[C@@H](NC(=O)OC)[C@@H](C)OC)n3)N2c2ccc(C(C)(C)C)cc2)cs1)[C@@H](C)OC. The smallest absolute Gasteiger partial charge is 0.407 e. The van der Waals surface area contributed by atoms with E-state index in [1.54, 1.807) is 13.8 Å². The standard InChI is InChI=1S/C44H61N9O10S2/c1-24(60-6)32(49-40(58)62-8)34(54)51-20-10-18-43(51,36(45)56)38-47-28(22-64-38)30-16-17-31(53(30)27-14-12-26(13-15-27)42(3,4)5)29-23-65-39(48-29)44(37(46)57)19-11-21-52(44)35(55)33(25(2)61-7)50-41(59)63-9/h12-15,22-25,30-33H,10-11,16-21H2,1-9H3,(H2,45,56)(H2,46,57)(H,49,58)(H,50,59)/t24-,25-,30+,31+,32+,33+,43+,44+/m1/s1. The lowest BCUT2D eigenvalue weighted by molar-refractivity contribution is -0.148. The van der Waals surface area contributed by atoms with Gasteiger partial charge in [0.1, 0.15) is 22.1 Å². The van der Waals surface area contributed by atoms with E-state index < -0.39 is 71.2 Å². The maximum absolute atomic E-state index is 14.3. The fourth-order valence-corrected chi connectivity index (χ4v) is 11.5. The number of nitrogens with one attached hydrogen (secondary N) is 2. The summed E-state index contributed by atoms with van der Waals surface area (Å²) in [5.41, 5.74) is 12.5. The molecule has 354 valence electrons. The van der Waals surface area contributed by atoms with Crippen LogP contribution in [0.15, 0.2) is 35.0 Å². The summed E-state index contributed by atoms with van der Waals surface area (Å²) in [6, 6.07) is 5.30. The molecule has 0 bridgehead atoms. The second-order valence-corrected chi connectivity index (χ2v) is 19.4. The Hall–Kier alpha value is -5.38. The van der Waals surface area contributed by atoms with Gasteiger partial charge < -0.3 is 55.7 Å². The molecule has 6 N–H and O–H groups in total. The van der Waals surface area contributed by atoms with Crippen LogP contribution in [0.5, 0.6) is 0 Å². The van der Waals surface area contributed by atoms with E-state index in [-0.39, 0.29) is 43.4 Å². The summed E-state index contributed by atoms with van der Waals surface area (Å²) in [7, 11) is 5.21. The fourth-order valence-electron chi connectivity index (χ4n) is 9.29. The third-order valence-electron chi connectivity index (χ3n) is 13.1. The number of amides is 6. The van der Waals surface area contributed by atoms with Crippen LogP contribution in [0, 0.1) is 0 Å². The fraction of sp³-hybridized carbons (Fsp3) is 0.591. The number of nitrogens with zero attached hydrogens (tertiary/aromatic N) is 5. The van der Waals surface area contributed by atoms with Gasteiger partial charge in [-0.15, -0.1) is 22.7 Å². The zero-order valence-corrected chi connectivity index (χ0v) is 40.0. The van der Waals surface area contributed by atoms with Crippen molar-refractivity contribution in [2.24, 2.45) is 11.5 Å². The van der Waals surface area contributed by atoms with Crippen molar-refractivity contribution in [3.05, 3.63) is 62.0 Å². The molecular formula is C44H61N9O10S2. The van der Waals surface area contributed by atoms with Crippen molar-refractivity contribution in [3.63, 3.8) is 0 Å². The Morgan fingerprint density at radius 3 is 1.45 bits per heavy atom. The zero-order valence-electron chi connectivity index (χ0n) is 38.4. The molecule has 0 saturated carbocycles. The minimum absolute atomic E-state index is 0.115. The highest BCUT2D eigenvalue weighted by atomic mass is 32.1. The van der Waals surface area contributed by atoms with Crippen LogP contribution in [0.25, 0.3) is 0 Å². The van der Waals surface area contributed by atoms with Gasteiger partial charge in [0.05, 0.1) is 49.9 Å². The second-order valence-electron chi connectivity index (χ2n) is 17.7. The number of alkyl carbamates (subject to hydrolysis) is 2. The van der Waals surface area contributed by atoms with E-state index in [1.807, 2.05) is 10.8 Å². The molecule has 0 unspecified atom stereocenters. The summed E-state index contributed by atoms with van der Waals surface area (Å²) in [6.07, 6.45) is -0.586. The summed E-state index contributed by atoms with van der Waals surface area (Å²) in [5, 5.41) is 9.61. The molecule has 65 heavy (non-hydrogen) atoms. The molecule has 3 aliphatic rings. The summed E-state index contributed by atoms with van der Waals surface area (Å²) >= 11 is 2.48. The number of hydrogen-bond donors (Lipinski definition) is 4. The van der Waals surface area contributed by atoms with Gasteiger partial charge in [0.15, 0.2) is 11.1 Å². The minimum Gasteiger partial charge on any atom is -0.453 e. The van der Waals surface area contributed by atoms with Crippen molar-refractivity contribution in [2.75, 3.05) is 46.4 Å². The van der Waals surface area contributed by atoms with E-state index >= 15 is 0 Å². The van der Waals surface area contributed by atoms with Crippen molar-refractivity contribution in [1.82, 2.24) is 30.4 Å². The first-order chi connectivity index (χ1) is 30.8. The Balaban J connectivity index is 1.39. The number of thiazole rings is 2.